The number of hydrogen-bond acceptors (Lipinski definition) is 12. The van der Waals surface area contributed by atoms with E-state index in [9.17, 15) is 9.90 Å². The summed E-state index contributed by atoms with van der Waals surface area (Å²) in [6, 6.07) is 18.0. The van der Waals surface area contributed by atoms with Crippen molar-refractivity contribution in [2.45, 2.75) is 91.7 Å². The third-order valence-electron chi connectivity index (χ3n) is 9.95. The highest BCUT2D eigenvalue weighted by atomic mass is 16.6. The second kappa shape index (κ2) is 18.1. The molecular formula is C43H56N8O6. The van der Waals surface area contributed by atoms with Crippen molar-refractivity contribution in [2.75, 3.05) is 50.2 Å². The lowest BCUT2D eigenvalue weighted by molar-refractivity contribution is 0.0240. The zero-order chi connectivity index (χ0) is 40.7. The van der Waals surface area contributed by atoms with E-state index in [-0.39, 0.29) is 18.2 Å². The van der Waals surface area contributed by atoms with Crippen LogP contribution in [0.25, 0.3) is 5.65 Å². The summed E-state index contributed by atoms with van der Waals surface area (Å²) in [7, 11) is 3.30. The summed E-state index contributed by atoms with van der Waals surface area (Å²) in [5, 5.41) is 16.8. The van der Waals surface area contributed by atoms with Gasteiger partial charge in [-0.25, -0.2) is 19.3 Å². The third-order valence-corrected chi connectivity index (χ3v) is 9.95. The number of benzene rings is 2. The topological polar surface area (TPSA) is 140 Å². The van der Waals surface area contributed by atoms with Crippen molar-refractivity contribution >= 4 is 23.4 Å². The molecule has 1 amide bonds. The van der Waals surface area contributed by atoms with Gasteiger partial charge < -0.3 is 38.8 Å². The number of aryl methyl sites for hydroxylation is 1. The molecule has 6 rings (SSSR count). The van der Waals surface area contributed by atoms with E-state index in [0.717, 1.165) is 53.3 Å². The zero-order valence-electron chi connectivity index (χ0n) is 34.4. The molecule has 1 aliphatic rings. The minimum absolute atomic E-state index is 0.0841. The molecule has 57 heavy (non-hydrogen) atoms. The number of aliphatic hydroxyl groups is 1. The molecule has 1 fully saturated rings. The summed E-state index contributed by atoms with van der Waals surface area (Å²) in [6.45, 7) is 15.1. The van der Waals surface area contributed by atoms with Gasteiger partial charge in [-0.05, 0) is 87.6 Å². The number of rotatable bonds is 15. The normalized spacial score (nSPS) is 14.3. The Morgan fingerprint density at radius 1 is 0.895 bits per heavy atom. The predicted molar refractivity (Wildman–Crippen MR) is 219 cm³/mol. The summed E-state index contributed by atoms with van der Waals surface area (Å²) in [4.78, 5) is 33.3. The van der Waals surface area contributed by atoms with E-state index >= 15 is 0 Å². The van der Waals surface area contributed by atoms with Gasteiger partial charge in [0.25, 0.3) is 0 Å². The molecule has 0 saturated carbocycles. The molecular weight excluding hydrogens is 725 g/mol. The lowest BCUT2D eigenvalue weighted by Crippen LogP contribution is -2.50. The number of pyridine rings is 1. The second-order valence-electron chi connectivity index (χ2n) is 15.4. The first-order valence-electron chi connectivity index (χ1n) is 19.7. The molecule has 2 atom stereocenters. The number of piperazine rings is 1. The number of amides is 1. The lowest BCUT2D eigenvalue weighted by Gasteiger charge is -2.36. The molecule has 0 bridgehead atoms. The van der Waals surface area contributed by atoms with Crippen LogP contribution in [-0.4, -0.2) is 92.8 Å². The summed E-state index contributed by atoms with van der Waals surface area (Å²) in [5.74, 6) is 2.91. The molecule has 0 spiro atoms. The van der Waals surface area contributed by atoms with Gasteiger partial charge in [-0.2, -0.15) is 4.98 Å². The average molecular weight is 781 g/mol. The molecule has 1 saturated heterocycles. The first-order chi connectivity index (χ1) is 27.4. The maximum absolute atomic E-state index is 12.6. The van der Waals surface area contributed by atoms with Crippen molar-refractivity contribution in [2.24, 2.45) is 0 Å². The molecule has 1 N–H and O–H groups in total. The van der Waals surface area contributed by atoms with Crippen molar-refractivity contribution in [1.82, 2.24) is 29.5 Å². The van der Waals surface area contributed by atoms with Gasteiger partial charge in [0.1, 0.15) is 35.1 Å². The second-order valence-corrected chi connectivity index (χ2v) is 15.4. The Bertz CT molecular complexity index is 2040. The minimum Gasteiger partial charge on any atom is -0.497 e. The fraction of sp³-hybridized carbons (Fsp3) is 0.465. The Morgan fingerprint density at radius 3 is 2.04 bits per heavy atom. The summed E-state index contributed by atoms with van der Waals surface area (Å²) >= 11 is 0. The maximum Gasteiger partial charge on any atom is 0.410 e. The van der Waals surface area contributed by atoms with Crippen LogP contribution in [0.1, 0.15) is 87.9 Å². The molecule has 1 aliphatic heterocycles. The quantitative estimate of drug-likeness (QED) is 0.115. The average Bonchev–Trinajstić information content (AvgIpc) is 3.63. The van der Waals surface area contributed by atoms with Crippen molar-refractivity contribution in [1.29, 1.82) is 0 Å². The Morgan fingerprint density at radius 2 is 1.51 bits per heavy atom. The number of ether oxygens (including phenoxy) is 4. The van der Waals surface area contributed by atoms with E-state index in [1.54, 1.807) is 36.0 Å². The highest BCUT2D eigenvalue weighted by Gasteiger charge is 2.29. The lowest BCUT2D eigenvalue weighted by atomic mass is 10.1. The number of nitrogens with zero attached hydrogens (tertiary/aromatic N) is 8. The van der Waals surface area contributed by atoms with E-state index in [0.29, 0.717) is 62.0 Å². The Labute approximate surface area is 335 Å². The Hall–Kier alpha value is -5.63. The summed E-state index contributed by atoms with van der Waals surface area (Å²) in [6.07, 6.45) is 4.43. The molecule has 0 aliphatic carbocycles. The third kappa shape index (κ3) is 10.0. The summed E-state index contributed by atoms with van der Waals surface area (Å²) in [5.41, 5.74) is 3.97. The van der Waals surface area contributed by atoms with Gasteiger partial charge in [0.15, 0.2) is 11.5 Å². The van der Waals surface area contributed by atoms with Crippen molar-refractivity contribution in [3.8, 4) is 17.5 Å². The molecule has 5 aromatic rings. The zero-order valence-corrected chi connectivity index (χ0v) is 34.4. The Kier molecular flexibility index (Phi) is 13.0. The van der Waals surface area contributed by atoms with Crippen LogP contribution in [0, 0.1) is 6.92 Å². The van der Waals surface area contributed by atoms with Crippen LogP contribution in [-0.2, 0) is 17.8 Å². The van der Waals surface area contributed by atoms with Crippen LogP contribution in [0.3, 0.4) is 0 Å². The van der Waals surface area contributed by atoms with Gasteiger partial charge in [0.2, 0.25) is 0 Å². The first kappa shape index (κ1) is 41.0. The van der Waals surface area contributed by atoms with Gasteiger partial charge in [-0.3, -0.25) is 0 Å². The molecule has 14 heteroatoms. The molecule has 2 unspecified atom stereocenters. The number of carbonyl (C=O) groups is 1. The standard InChI is InChI=1S/C43H56N8O6/c1-9-11-33(10-2)56-41-46-40(50(27-30-12-16-34(54-7)17-13-30)28-31-14-18-35(55-8)19-15-31)39-45-26-36(51(39)47-41)37(52)32-24-29(3)38(44-25-32)48-20-22-49(23-21-48)42(53)57-43(4,5)6/h12-19,24-26,33,37,52H,9-11,20-23,27-28H2,1-8H3. The monoisotopic (exact) mass is 780 g/mol. The van der Waals surface area contributed by atoms with Crippen molar-refractivity contribution in [3.05, 3.63) is 94.9 Å². The van der Waals surface area contributed by atoms with Gasteiger partial charge >= 0.3 is 12.1 Å². The summed E-state index contributed by atoms with van der Waals surface area (Å²) < 4.78 is 24.5. The molecule has 4 heterocycles. The van der Waals surface area contributed by atoms with E-state index in [1.165, 1.54) is 0 Å². The van der Waals surface area contributed by atoms with Gasteiger partial charge in [0.05, 0.1) is 26.1 Å². The number of hydrogen-bond donors (Lipinski definition) is 1. The first-order valence-corrected chi connectivity index (χ1v) is 19.7. The van der Waals surface area contributed by atoms with E-state index in [2.05, 4.69) is 23.6 Å². The number of anilines is 2. The number of methoxy groups -OCH3 is 2. The van der Waals surface area contributed by atoms with Crippen molar-refractivity contribution in [3.63, 3.8) is 0 Å². The number of aromatic nitrogens is 5. The predicted octanol–water partition coefficient (Wildman–Crippen LogP) is 7.15. The SMILES string of the molecule is CCCC(CC)Oc1nc(N(Cc2ccc(OC)cc2)Cc2ccc(OC)cc2)c2ncc(C(O)c3cnc(N4CCN(C(=O)OC(C)(C)C)CC4)c(C)c3)n2n1. The number of imidazole rings is 1. The van der Waals surface area contributed by atoms with Gasteiger partial charge in [-0.1, -0.05) is 44.5 Å². The van der Waals surface area contributed by atoms with E-state index < -0.39 is 11.7 Å². The van der Waals surface area contributed by atoms with Crippen LogP contribution >= 0.6 is 0 Å². The highest BCUT2D eigenvalue weighted by molar-refractivity contribution is 5.69. The number of fused-ring (bicyclic) bond motifs is 1. The molecule has 304 valence electrons. The van der Waals surface area contributed by atoms with Gasteiger partial charge in [0, 0.05) is 51.0 Å². The fourth-order valence-electron chi connectivity index (χ4n) is 6.91. The van der Waals surface area contributed by atoms with Gasteiger partial charge in [-0.15, -0.1) is 5.10 Å². The molecule has 3 aromatic heterocycles. The molecule has 2 aromatic carbocycles. The largest absolute Gasteiger partial charge is 0.497 e. The maximum atomic E-state index is 12.6. The van der Waals surface area contributed by atoms with Crippen LogP contribution in [0.15, 0.2) is 67.0 Å². The van der Waals surface area contributed by atoms with E-state index in [1.807, 2.05) is 82.3 Å². The van der Waals surface area contributed by atoms with E-state index in [4.69, 9.17) is 39.0 Å². The molecule has 0 radical (unpaired) electrons. The van der Waals surface area contributed by atoms with Crippen LogP contribution in [0.5, 0.6) is 17.5 Å². The smallest absolute Gasteiger partial charge is 0.410 e. The fourth-order valence-corrected chi connectivity index (χ4v) is 6.91. The number of aliphatic hydroxyl groups excluding tert-OH is 1. The highest BCUT2D eigenvalue weighted by Crippen LogP contribution is 2.32. The minimum atomic E-state index is -1.10. The van der Waals surface area contributed by atoms with Crippen LogP contribution < -0.4 is 24.0 Å². The Balaban J connectivity index is 1.34. The molecule has 14 nitrogen and oxygen atoms in total. The van der Waals surface area contributed by atoms with Crippen molar-refractivity contribution < 1.29 is 28.8 Å². The van der Waals surface area contributed by atoms with Crippen LogP contribution in [0.2, 0.25) is 0 Å². The van der Waals surface area contributed by atoms with Crippen LogP contribution in [0.4, 0.5) is 16.4 Å². The number of carbonyl (C=O) groups excluding carboxylic acids is 1.